The zero-order valence-corrected chi connectivity index (χ0v) is 9.84. The summed E-state index contributed by atoms with van der Waals surface area (Å²) in [6.07, 6.45) is 4.77. The summed E-state index contributed by atoms with van der Waals surface area (Å²) in [5, 5.41) is 8.94. The van der Waals surface area contributed by atoms with E-state index in [4.69, 9.17) is 9.69 Å². The Hall–Kier alpha value is -0.333. The van der Waals surface area contributed by atoms with Crippen LogP contribution in [0.3, 0.4) is 0 Å². The van der Waals surface area contributed by atoms with Crippen molar-refractivity contribution < 1.29 is 4.43 Å². The van der Waals surface area contributed by atoms with Gasteiger partial charge in [-0.05, 0) is 32.5 Å². The second-order valence-corrected chi connectivity index (χ2v) is 9.25. The van der Waals surface area contributed by atoms with Gasteiger partial charge < -0.3 is 4.43 Å². The van der Waals surface area contributed by atoms with E-state index in [1.54, 1.807) is 0 Å². The summed E-state index contributed by atoms with van der Waals surface area (Å²) in [4.78, 5) is 0. The van der Waals surface area contributed by atoms with E-state index in [0.29, 0.717) is 0 Å². The van der Waals surface area contributed by atoms with E-state index >= 15 is 0 Å². The highest BCUT2D eigenvalue weighted by atomic mass is 28.4. The molecule has 0 aliphatic heterocycles. The minimum atomic E-state index is -1.45. The van der Waals surface area contributed by atoms with Crippen molar-refractivity contribution in [3.63, 3.8) is 0 Å². The summed E-state index contributed by atoms with van der Waals surface area (Å²) in [7, 11) is -1.45. The van der Waals surface area contributed by atoms with Crippen molar-refractivity contribution in [3.05, 3.63) is 0 Å². The van der Waals surface area contributed by atoms with E-state index in [0.717, 1.165) is 12.8 Å². The lowest BCUT2D eigenvalue weighted by molar-refractivity contribution is 0.113. The van der Waals surface area contributed by atoms with Gasteiger partial charge in [-0.25, -0.2) is 0 Å². The summed E-state index contributed by atoms with van der Waals surface area (Å²) in [6.45, 7) is 6.57. The van der Waals surface area contributed by atoms with Crippen molar-refractivity contribution in [2.24, 2.45) is 5.92 Å². The predicted molar refractivity (Wildman–Crippen MR) is 55.8 cm³/mol. The molecular weight excluding hydrogens is 178 g/mol. The first-order valence-electron chi connectivity index (χ1n) is 5.10. The van der Waals surface area contributed by atoms with Crippen LogP contribution in [0, 0.1) is 17.2 Å². The molecule has 3 heteroatoms. The average molecular weight is 197 g/mol. The second kappa shape index (κ2) is 4.25. The zero-order chi connectivity index (χ0) is 9.90. The number of nitrogens with zero attached hydrogens (tertiary/aromatic N) is 1. The lowest BCUT2D eigenvalue weighted by Gasteiger charge is -2.32. The van der Waals surface area contributed by atoms with E-state index in [2.05, 4.69) is 25.7 Å². The Morgan fingerprint density at radius 2 is 1.85 bits per heavy atom. The third kappa shape index (κ3) is 3.49. The van der Waals surface area contributed by atoms with Gasteiger partial charge in [-0.15, -0.1) is 0 Å². The molecule has 1 aliphatic carbocycles. The molecule has 1 aliphatic rings. The van der Waals surface area contributed by atoms with Crippen LogP contribution in [0.5, 0.6) is 0 Å². The Morgan fingerprint density at radius 3 is 2.38 bits per heavy atom. The fraction of sp³-hybridized carbons (Fsp3) is 0.900. The fourth-order valence-corrected chi connectivity index (χ4v) is 3.03. The van der Waals surface area contributed by atoms with Crippen LogP contribution in [0.2, 0.25) is 19.6 Å². The molecule has 0 aromatic rings. The van der Waals surface area contributed by atoms with Gasteiger partial charge in [0.15, 0.2) is 8.32 Å². The van der Waals surface area contributed by atoms with Gasteiger partial charge in [0, 0.05) is 0 Å². The molecule has 0 unspecified atom stereocenters. The average Bonchev–Trinajstić information content (AvgIpc) is 2.02. The Morgan fingerprint density at radius 1 is 1.23 bits per heavy atom. The molecule has 0 amide bonds. The zero-order valence-electron chi connectivity index (χ0n) is 8.84. The molecule has 0 heterocycles. The minimum absolute atomic E-state index is 0.153. The first kappa shape index (κ1) is 10.7. The third-order valence-electron chi connectivity index (χ3n) is 2.37. The second-order valence-electron chi connectivity index (χ2n) is 4.79. The first-order chi connectivity index (χ1) is 6.03. The maximum absolute atomic E-state index is 8.94. The van der Waals surface area contributed by atoms with Crippen molar-refractivity contribution in [3.8, 4) is 6.07 Å². The maximum atomic E-state index is 8.94. The van der Waals surface area contributed by atoms with Crippen molar-refractivity contribution in [1.29, 1.82) is 5.26 Å². The van der Waals surface area contributed by atoms with Gasteiger partial charge in [-0.1, -0.05) is 12.8 Å². The molecular formula is C10H19NOSi. The molecule has 2 nitrogen and oxygen atoms in total. The molecule has 0 aromatic carbocycles. The smallest absolute Gasteiger partial charge is 0.184 e. The third-order valence-corrected chi connectivity index (χ3v) is 3.38. The topological polar surface area (TPSA) is 33.0 Å². The molecule has 0 saturated heterocycles. The van der Waals surface area contributed by atoms with Crippen LogP contribution in [-0.2, 0) is 4.43 Å². The Balaban J connectivity index is 2.51. The molecule has 74 valence electrons. The molecule has 13 heavy (non-hydrogen) atoms. The van der Waals surface area contributed by atoms with Gasteiger partial charge in [0.25, 0.3) is 0 Å². The van der Waals surface area contributed by atoms with Crippen LogP contribution in [0.15, 0.2) is 0 Å². The van der Waals surface area contributed by atoms with Crippen LogP contribution in [0.25, 0.3) is 0 Å². The summed E-state index contributed by atoms with van der Waals surface area (Å²) in [5.41, 5.74) is 0. The quantitative estimate of drug-likeness (QED) is 0.638. The molecule has 1 fully saturated rings. The van der Waals surface area contributed by atoms with Gasteiger partial charge in [0.2, 0.25) is 0 Å². The van der Waals surface area contributed by atoms with Crippen LogP contribution in [0.4, 0.5) is 0 Å². The number of rotatable bonds is 2. The van der Waals surface area contributed by atoms with Crippen molar-refractivity contribution in [2.45, 2.75) is 51.4 Å². The lowest BCUT2D eigenvalue weighted by Crippen LogP contribution is -2.37. The Labute approximate surface area is 82.0 Å². The first-order valence-corrected chi connectivity index (χ1v) is 8.51. The van der Waals surface area contributed by atoms with Gasteiger partial charge in [0.05, 0.1) is 18.1 Å². The van der Waals surface area contributed by atoms with Gasteiger partial charge in [-0.2, -0.15) is 5.26 Å². The SMILES string of the molecule is C[Si](C)(C)O[C@H]1CCCC[C@@H]1C#N. The van der Waals surface area contributed by atoms with Crippen LogP contribution in [-0.4, -0.2) is 14.4 Å². The van der Waals surface area contributed by atoms with E-state index in [1.165, 1.54) is 12.8 Å². The minimum Gasteiger partial charge on any atom is -0.413 e. The predicted octanol–water partition coefficient (Wildman–Crippen LogP) is 2.92. The summed E-state index contributed by atoms with van der Waals surface area (Å²) in [5.74, 6) is 0.153. The molecule has 1 rings (SSSR count). The molecule has 0 spiro atoms. The van der Waals surface area contributed by atoms with Gasteiger partial charge in [-0.3, -0.25) is 0 Å². The highest BCUT2D eigenvalue weighted by Gasteiger charge is 2.29. The summed E-state index contributed by atoms with van der Waals surface area (Å²) < 4.78 is 6.00. The normalized spacial score (nSPS) is 29.7. The Bertz CT molecular complexity index is 204. The fourth-order valence-electron chi connectivity index (χ4n) is 1.84. The monoisotopic (exact) mass is 197 g/mol. The van der Waals surface area contributed by atoms with E-state index in [9.17, 15) is 0 Å². The van der Waals surface area contributed by atoms with E-state index < -0.39 is 8.32 Å². The lowest BCUT2D eigenvalue weighted by atomic mass is 9.88. The van der Waals surface area contributed by atoms with Crippen LogP contribution in [0.1, 0.15) is 25.7 Å². The standard InChI is InChI=1S/C10H19NOSi/c1-13(2,3)12-10-7-5-4-6-9(10)8-11/h9-10H,4-7H2,1-3H3/t9-,10+/m1/s1. The highest BCUT2D eigenvalue weighted by Crippen LogP contribution is 2.28. The molecule has 0 aromatic heterocycles. The molecule has 2 atom stereocenters. The van der Waals surface area contributed by atoms with Gasteiger partial charge >= 0.3 is 0 Å². The largest absolute Gasteiger partial charge is 0.413 e. The molecule has 0 bridgehead atoms. The number of nitriles is 1. The Kier molecular flexibility index (Phi) is 3.52. The van der Waals surface area contributed by atoms with Gasteiger partial charge in [0.1, 0.15) is 0 Å². The molecule has 0 N–H and O–H groups in total. The maximum Gasteiger partial charge on any atom is 0.184 e. The molecule has 1 saturated carbocycles. The number of hydrogen-bond donors (Lipinski definition) is 0. The highest BCUT2D eigenvalue weighted by molar-refractivity contribution is 6.69. The van der Waals surface area contributed by atoms with Crippen molar-refractivity contribution in [1.82, 2.24) is 0 Å². The van der Waals surface area contributed by atoms with E-state index in [-0.39, 0.29) is 12.0 Å². The van der Waals surface area contributed by atoms with Crippen molar-refractivity contribution in [2.75, 3.05) is 0 Å². The van der Waals surface area contributed by atoms with E-state index in [1.807, 2.05) is 0 Å². The van der Waals surface area contributed by atoms with Crippen LogP contribution >= 0.6 is 0 Å². The van der Waals surface area contributed by atoms with Crippen LogP contribution < -0.4 is 0 Å². The number of hydrogen-bond acceptors (Lipinski definition) is 2. The summed E-state index contributed by atoms with van der Waals surface area (Å²) >= 11 is 0. The molecule has 0 radical (unpaired) electrons. The van der Waals surface area contributed by atoms with Crippen molar-refractivity contribution >= 4 is 8.32 Å². The summed E-state index contributed by atoms with van der Waals surface area (Å²) in [6, 6.07) is 2.37.